The van der Waals surface area contributed by atoms with Gasteiger partial charge in [0.05, 0.1) is 22.1 Å². The molecule has 1 saturated heterocycles. The van der Waals surface area contributed by atoms with Crippen molar-refractivity contribution in [3.8, 4) is 0 Å². The van der Waals surface area contributed by atoms with E-state index < -0.39 is 5.54 Å². The number of halogens is 1. The van der Waals surface area contributed by atoms with Crippen LogP contribution < -0.4 is 10.0 Å². The third kappa shape index (κ3) is 3.89. The summed E-state index contributed by atoms with van der Waals surface area (Å²) in [4.78, 5) is 5.33. The Morgan fingerprint density at radius 2 is 1.11 bits per heavy atom. The number of hydrogen-bond acceptors (Lipinski definition) is 2. The molecule has 0 bridgehead atoms. The molecule has 0 N–H and O–H groups in total. The molecule has 0 aliphatic carbocycles. The number of benzene rings is 5. The Labute approximate surface area is 222 Å². The van der Waals surface area contributed by atoms with Crippen molar-refractivity contribution in [1.82, 2.24) is 0 Å². The molecule has 0 saturated carbocycles. The maximum Gasteiger partial charge on any atom is 0.171 e. The third-order valence-corrected chi connectivity index (χ3v) is 7.10. The SMILES string of the molecule is Cc1ccc(N=C2N(c3ccccc3)N(c3ccccc3Cl)C2(c2ccccc2)c2ccccc2)cc1. The molecule has 5 aromatic rings. The second-order valence-corrected chi connectivity index (χ2v) is 9.53. The first-order valence-electron chi connectivity index (χ1n) is 12.4. The Balaban J connectivity index is 1.71. The van der Waals surface area contributed by atoms with Crippen molar-refractivity contribution in [2.45, 2.75) is 12.5 Å². The van der Waals surface area contributed by atoms with Crippen LogP contribution in [0.3, 0.4) is 0 Å². The first-order chi connectivity index (χ1) is 18.2. The van der Waals surface area contributed by atoms with E-state index in [1.54, 1.807) is 0 Å². The summed E-state index contributed by atoms with van der Waals surface area (Å²) in [5, 5.41) is 5.14. The standard InChI is InChI=1S/C33H26ClN3/c1-25-21-23-28(24-22-25)35-32-33(26-13-5-2-6-14-26,27-15-7-3-8-16-27)37(31-20-12-11-19-30(31)34)36(32)29-17-9-4-10-18-29/h2-24H,1H3. The molecular weight excluding hydrogens is 474 g/mol. The van der Waals surface area contributed by atoms with Gasteiger partial charge in [0.25, 0.3) is 0 Å². The molecule has 37 heavy (non-hydrogen) atoms. The fourth-order valence-corrected chi connectivity index (χ4v) is 5.28. The summed E-state index contributed by atoms with van der Waals surface area (Å²) < 4.78 is 0. The number of rotatable bonds is 5. The summed E-state index contributed by atoms with van der Waals surface area (Å²) in [5.41, 5.74) is 5.52. The minimum absolute atomic E-state index is 0.675. The van der Waals surface area contributed by atoms with E-state index in [1.807, 2.05) is 36.4 Å². The molecule has 3 nitrogen and oxygen atoms in total. The Hall–Kier alpha value is -4.34. The van der Waals surface area contributed by atoms with E-state index in [9.17, 15) is 0 Å². The Morgan fingerprint density at radius 3 is 1.68 bits per heavy atom. The van der Waals surface area contributed by atoms with Gasteiger partial charge in [-0.05, 0) is 54.4 Å². The molecule has 6 rings (SSSR count). The Morgan fingerprint density at radius 1 is 0.595 bits per heavy atom. The van der Waals surface area contributed by atoms with Crippen LogP contribution in [0.2, 0.25) is 5.02 Å². The van der Waals surface area contributed by atoms with Gasteiger partial charge in [-0.3, -0.25) is 5.01 Å². The highest BCUT2D eigenvalue weighted by Crippen LogP contribution is 2.53. The molecule has 0 atom stereocenters. The van der Waals surface area contributed by atoms with Crippen molar-refractivity contribution < 1.29 is 0 Å². The van der Waals surface area contributed by atoms with Crippen LogP contribution in [0, 0.1) is 6.92 Å². The number of aliphatic imine (C=N–C) groups is 1. The fraction of sp³-hybridized carbons (Fsp3) is 0.0606. The average molecular weight is 500 g/mol. The molecule has 0 radical (unpaired) electrons. The first-order valence-corrected chi connectivity index (χ1v) is 12.7. The highest BCUT2D eigenvalue weighted by molar-refractivity contribution is 6.34. The molecule has 0 unspecified atom stereocenters. The lowest BCUT2D eigenvalue weighted by atomic mass is 9.76. The first kappa shape index (κ1) is 23.1. The van der Waals surface area contributed by atoms with E-state index >= 15 is 0 Å². The zero-order valence-corrected chi connectivity index (χ0v) is 21.3. The number of nitrogens with zero attached hydrogens (tertiary/aromatic N) is 3. The number of hydrazine groups is 1. The van der Waals surface area contributed by atoms with Crippen molar-refractivity contribution >= 4 is 34.5 Å². The van der Waals surface area contributed by atoms with E-state index in [0.717, 1.165) is 34.0 Å². The lowest BCUT2D eigenvalue weighted by Crippen LogP contribution is -2.77. The van der Waals surface area contributed by atoms with E-state index in [2.05, 4.69) is 120 Å². The van der Waals surface area contributed by atoms with Crippen molar-refractivity contribution in [2.24, 2.45) is 4.99 Å². The second-order valence-electron chi connectivity index (χ2n) is 9.12. The molecule has 0 spiro atoms. The lowest BCUT2D eigenvalue weighted by Gasteiger charge is -2.62. The number of hydrogen-bond donors (Lipinski definition) is 0. The van der Waals surface area contributed by atoms with Crippen molar-refractivity contribution in [2.75, 3.05) is 10.0 Å². The highest BCUT2D eigenvalue weighted by atomic mass is 35.5. The molecular formula is C33H26ClN3. The van der Waals surface area contributed by atoms with Gasteiger partial charge in [0, 0.05) is 0 Å². The van der Waals surface area contributed by atoms with Crippen LogP contribution in [-0.2, 0) is 5.54 Å². The molecule has 1 aliphatic heterocycles. The molecule has 4 heteroatoms. The highest BCUT2D eigenvalue weighted by Gasteiger charge is 2.60. The smallest absolute Gasteiger partial charge is 0.171 e. The van der Waals surface area contributed by atoms with Gasteiger partial charge in [-0.15, -0.1) is 0 Å². The third-order valence-electron chi connectivity index (χ3n) is 6.78. The monoisotopic (exact) mass is 499 g/mol. The van der Waals surface area contributed by atoms with E-state index in [-0.39, 0.29) is 0 Å². The van der Waals surface area contributed by atoms with Gasteiger partial charge >= 0.3 is 0 Å². The van der Waals surface area contributed by atoms with Gasteiger partial charge in [0.1, 0.15) is 0 Å². The summed E-state index contributed by atoms with van der Waals surface area (Å²) in [6, 6.07) is 47.8. The van der Waals surface area contributed by atoms with Gasteiger partial charge in [-0.1, -0.05) is 120 Å². The van der Waals surface area contributed by atoms with Crippen molar-refractivity contribution in [1.29, 1.82) is 0 Å². The van der Waals surface area contributed by atoms with Crippen LogP contribution in [0.25, 0.3) is 0 Å². The number of anilines is 2. The summed E-state index contributed by atoms with van der Waals surface area (Å²) in [6.45, 7) is 2.09. The molecule has 1 heterocycles. The van der Waals surface area contributed by atoms with E-state index in [0.29, 0.717) is 5.02 Å². The predicted octanol–water partition coefficient (Wildman–Crippen LogP) is 8.56. The summed E-state index contributed by atoms with van der Waals surface area (Å²) in [6.07, 6.45) is 0. The molecule has 180 valence electrons. The minimum Gasteiger partial charge on any atom is -0.255 e. The van der Waals surface area contributed by atoms with Crippen LogP contribution in [-0.4, -0.2) is 5.84 Å². The maximum absolute atomic E-state index is 6.90. The van der Waals surface area contributed by atoms with Gasteiger partial charge in [-0.25, -0.2) is 10.0 Å². The number of amidine groups is 1. The average Bonchev–Trinajstić information content (AvgIpc) is 2.95. The minimum atomic E-state index is -0.714. The fourth-order valence-electron chi connectivity index (χ4n) is 5.06. The predicted molar refractivity (Wildman–Crippen MR) is 155 cm³/mol. The number of aryl methyl sites for hydroxylation is 1. The van der Waals surface area contributed by atoms with Gasteiger partial charge < -0.3 is 0 Å². The zero-order valence-electron chi connectivity index (χ0n) is 20.5. The number of para-hydroxylation sites is 2. The van der Waals surface area contributed by atoms with E-state index in [1.165, 1.54) is 5.56 Å². The summed E-state index contributed by atoms with van der Waals surface area (Å²) >= 11 is 6.90. The second kappa shape index (κ2) is 9.61. The van der Waals surface area contributed by atoms with Crippen LogP contribution in [0.15, 0.2) is 145 Å². The van der Waals surface area contributed by atoms with Crippen molar-refractivity contribution in [3.63, 3.8) is 0 Å². The zero-order chi connectivity index (χ0) is 25.2. The van der Waals surface area contributed by atoms with Crippen LogP contribution in [0.5, 0.6) is 0 Å². The summed E-state index contributed by atoms with van der Waals surface area (Å²) in [5.74, 6) is 0.903. The quantitative estimate of drug-likeness (QED) is 0.241. The van der Waals surface area contributed by atoms with Crippen LogP contribution in [0.1, 0.15) is 16.7 Å². The molecule has 1 aliphatic rings. The lowest BCUT2D eigenvalue weighted by molar-refractivity contribution is 0.535. The van der Waals surface area contributed by atoms with Gasteiger partial charge in [0.15, 0.2) is 11.4 Å². The summed E-state index contributed by atoms with van der Waals surface area (Å²) in [7, 11) is 0. The Kier molecular flexibility index (Phi) is 5.99. The maximum atomic E-state index is 6.90. The molecule has 0 amide bonds. The van der Waals surface area contributed by atoms with Gasteiger partial charge in [-0.2, -0.15) is 0 Å². The van der Waals surface area contributed by atoms with E-state index in [4.69, 9.17) is 16.6 Å². The van der Waals surface area contributed by atoms with Crippen LogP contribution >= 0.6 is 11.6 Å². The molecule has 1 fully saturated rings. The Bertz CT molecular complexity index is 1490. The largest absolute Gasteiger partial charge is 0.255 e. The normalized spacial score (nSPS) is 15.5. The molecule has 0 aromatic heterocycles. The van der Waals surface area contributed by atoms with Crippen LogP contribution in [0.4, 0.5) is 17.1 Å². The topological polar surface area (TPSA) is 18.8 Å². The van der Waals surface area contributed by atoms with Crippen molar-refractivity contribution in [3.05, 3.63) is 161 Å². The van der Waals surface area contributed by atoms with Gasteiger partial charge in [0.2, 0.25) is 0 Å². The molecule has 5 aromatic carbocycles.